The molecule has 0 bridgehead atoms. The molecule has 5 nitrogen and oxygen atoms in total. The van der Waals surface area contributed by atoms with Gasteiger partial charge in [0.25, 0.3) is 5.91 Å². The van der Waals surface area contributed by atoms with E-state index in [4.69, 9.17) is 4.74 Å². The molecule has 0 aliphatic carbocycles. The molecule has 2 amide bonds. The first kappa shape index (κ1) is 18.5. The van der Waals surface area contributed by atoms with Gasteiger partial charge in [-0.3, -0.25) is 9.59 Å². The van der Waals surface area contributed by atoms with Crippen LogP contribution in [-0.4, -0.2) is 31.5 Å². The topological polar surface area (TPSA) is 58.6 Å². The van der Waals surface area contributed by atoms with Crippen LogP contribution in [0.3, 0.4) is 0 Å². The maximum Gasteiger partial charge on any atom is 0.257 e. The van der Waals surface area contributed by atoms with Crippen LogP contribution in [0, 0.1) is 0 Å². The number of ether oxygens (including phenoxy) is 1. The number of benzene rings is 2. The zero-order valence-electron chi connectivity index (χ0n) is 14.4. The van der Waals surface area contributed by atoms with E-state index in [1.165, 1.54) is 5.56 Å². The summed E-state index contributed by atoms with van der Waals surface area (Å²) in [4.78, 5) is 26.0. The van der Waals surface area contributed by atoms with Gasteiger partial charge in [-0.2, -0.15) is 0 Å². The standard InChI is InChI=1S/C20H21BrN2O3/c21-16-7-9-17(10-8-16)26-14-19(24)22-12-3-6-20(25)23-13-11-15-4-1-2-5-18(15)23/h1-2,4-5,7-10H,3,6,11-14H2,(H,22,24). The second-order valence-electron chi connectivity index (χ2n) is 6.12. The van der Waals surface area contributed by atoms with Crippen LogP contribution in [0.1, 0.15) is 18.4 Å². The third-order valence-electron chi connectivity index (χ3n) is 4.26. The smallest absolute Gasteiger partial charge is 0.257 e. The Morgan fingerprint density at radius 2 is 1.88 bits per heavy atom. The number of nitrogens with one attached hydrogen (secondary N) is 1. The molecule has 2 aromatic rings. The Bertz CT molecular complexity index is 777. The molecule has 26 heavy (non-hydrogen) atoms. The Balaban J connectivity index is 1.34. The van der Waals surface area contributed by atoms with Crippen LogP contribution in [0.2, 0.25) is 0 Å². The van der Waals surface area contributed by atoms with E-state index in [0.717, 1.165) is 23.1 Å². The summed E-state index contributed by atoms with van der Waals surface area (Å²) in [7, 11) is 0. The molecule has 6 heteroatoms. The fourth-order valence-corrected chi connectivity index (χ4v) is 3.19. The number of carbonyl (C=O) groups is 2. The summed E-state index contributed by atoms with van der Waals surface area (Å²) in [5, 5.41) is 2.79. The van der Waals surface area contributed by atoms with E-state index in [0.29, 0.717) is 25.1 Å². The highest BCUT2D eigenvalue weighted by Gasteiger charge is 2.23. The maximum absolute atomic E-state index is 12.4. The maximum atomic E-state index is 12.4. The van der Waals surface area contributed by atoms with Crippen molar-refractivity contribution in [1.29, 1.82) is 0 Å². The Hall–Kier alpha value is -2.34. The predicted molar refractivity (Wildman–Crippen MR) is 104 cm³/mol. The van der Waals surface area contributed by atoms with Crippen molar-refractivity contribution in [3.63, 3.8) is 0 Å². The quantitative estimate of drug-likeness (QED) is 0.704. The first-order valence-corrected chi connectivity index (χ1v) is 9.46. The van der Waals surface area contributed by atoms with Crippen molar-refractivity contribution in [3.8, 4) is 5.75 Å². The van der Waals surface area contributed by atoms with Gasteiger partial charge in [-0.25, -0.2) is 0 Å². The highest BCUT2D eigenvalue weighted by molar-refractivity contribution is 9.10. The Morgan fingerprint density at radius 3 is 2.69 bits per heavy atom. The summed E-state index contributed by atoms with van der Waals surface area (Å²) in [5.74, 6) is 0.563. The van der Waals surface area contributed by atoms with E-state index in [1.54, 1.807) is 12.1 Å². The number of rotatable bonds is 7. The molecule has 136 valence electrons. The van der Waals surface area contributed by atoms with Crippen LogP contribution in [0.5, 0.6) is 5.75 Å². The van der Waals surface area contributed by atoms with Crippen LogP contribution in [-0.2, 0) is 16.0 Å². The van der Waals surface area contributed by atoms with Gasteiger partial charge in [-0.05, 0) is 48.7 Å². The number of nitrogens with zero attached hydrogens (tertiary/aromatic N) is 1. The Morgan fingerprint density at radius 1 is 1.12 bits per heavy atom. The summed E-state index contributed by atoms with van der Waals surface area (Å²) in [6, 6.07) is 15.3. The summed E-state index contributed by atoms with van der Waals surface area (Å²) in [6.07, 6.45) is 1.94. The van der Waals surface area contributed by atoms with Gasteiger partial charge in [-0.1, -0.05) is 34.1 Å². The van der Waals surface area contributed by atoms with Crippen LogP contribution in [0.15, 0.2) is 53.0 Å². The first-order chi connectivity index (χ1) is 12.6. The van der Waals surface area contributed by atoms with Gasteiger partial charge in [0.15, 0.2) is 6.61 Å². The molecule has 1 heterocycles. The Kier molecular flexibility index (Phi) is 6.28. The molecule has 3 rings (SSSR count). The number of amides is 2. The highest BCUT2D eigenvalue weighted by Crippen LogP contribution is 2.27. The van der Waals surface area contributed by atoms with E-state index < -0.39 is 0 Å². The van der Waals surface area contributed by atoms with Crippen LogP contribution >= 0.6 is 15.9 Å². The minimum atomic E-state index is -0.188. The lowest BCUT2D eigenvalue weighted by Crippen LogP contribution is -2.32. The predicted octanol–water partition coefficient (Wildman–Crippen LogP) is 3.31. The molecule has 1 N–H and O–H groups in total. The minimum Gasteiger partial charge on any atom is -0.484 e. The summed E-state index contributed by atoms with van der Waals surface area (Å²) < 4.78 is 6.37. The van der Waals surface area contributed by atoms with Gasteiger partial charge < -0.3 is 15.0 Å². The molecule has 0 fully saturated rings. The molecule has 0 saturated heterocycles. The SMILES string of the molecule is O=C(COc1ccc(Br)cc1)NCCCC(=O)N1CCc2ccccc21. The number of hydrogen-bond donors (Lipinski definition) is 1. The summed E-state index contributed by atoms with van der Waals surface area (Å²) in [5.41, 5.74) is 2.24. The van der Waals surface area contributed by atoms with Gasteiger partial charge in [0.1, 0.15) is 5.75 Å². The van der Waals surface area contributed by atoms with Crippen molar-refractivity contribution in [2.24, 2.45) is 0 Å². The van der Waals surface area contributed by atoms with Crippen LogP contribution in [0.4, 0.5) is 5.69 Å². The molecule has 1 aliphatic heterocycles. The molecular formula is C20H21BrN2O3. The van der Waals surface area contributed by atoms with Crippen molar-refractivity contribution in [2.45, 2.75) is 19.3 Å². The van der Waals surface area contributed by atoms with Gasteiger partial charge in [0.05, 0.1) is 0 Å². The molecule has 0 spiro atoms. The molecule has 1 aliphatic rings. The van der Waals surface area contributed by atoms with E-state index in [-0.39, 0.29) is 18.4 Å². The fraction of sp³-hybridized carbons (Fsp3) is 0.300. The van der Waals surface area contributed by atoms with E-state index in [2.05, 4.69) is 27.3 Å². The lowest BCUT2D eigenvalue weighted by molar-refractivity contribution is -0.123. The molecular weight excluding hydrogens is 396 g/mol. The lowest BCUT2D eigenvalue weighted by atomic mass is 10.2. The Labute approximate surface area is 161 Å². The van der Waals surface area contributed by atoms with Crippen molar-refractivity contribution in [2.75, 3.05) is 24.6 Å². The zero-order chi connectivity index (χ0) is 18.4. The number of para-hydroxylation sites is 1. The van der Waals surface area contributed by atoms with E-state index >= 15 is 0 Å². The highest BCUT2D eigenvalue weighted by atomic mass is 79.9. The zero-order valence-corrected chi connectivity index (χ0v) is 16.0. The van der Waals surface area contributed by atoms with Gasteiger partial charge in [0, 0.05) is 29.7 Å². The summed E-state index contributed by atoms with van der Waals surface area (Å²) in [6.45, 7) is 1.17. The lowest BCUT2D eigenvalue weighted by Gasteiger charge is -2.17. The van der Waals surface area contributed by atoms with Gasteiger partial charge >= 0.3 is 0 Å². The van der Waals surface area contributed by atoms with E-state index in [1.807, 2.05) is 35.2 Å². The molecule has 0 unspecified atom stereocenters. The second kappa shape index (κ2) is 8.85. The fourth-order valence-electron chi connectivity index (χ4n) is 2.93. The third-order valence-corrected chi connectivity index (χ3v) is 4.79. The van der Waals surface area contributed by atoms with Crippen molar-refractivity contribution in [1.82, 2.24) is 5.32 Å². The number of hydrogen-bond acceptors (Lipinski definition) is 3. The van der Waals surface area contributed by atoms with E-state index in [9.17, 15) is 9.59 Å². The molecule has 2 aromatic carbocycles. The van der Waals surface area contributed by atoms with Crippen LogP contribution < -0.4 is 15.0 Å². The van der Waals surface area contributed by atoms with Crippen molar-refractivity contribution < 1.29 is 14.3 Å². The summed E-state index contributed by atoms with van der Waals surface area (Å²) >= 11 is 3.35. The number of carbonyl (C=O) groups excluding carboxylic acids is 2. The molecule has 0 atom stereocenters. The number of anilines is 1. The molecule has 0 aromatic heterocycles. The van der Waals surface area contributed by atoms with Crippen molar-refractivity contribution in [3.05, 3.63) is 58.6 Å². The van der Waals surface area contributed by atoms with Gasteiger partial charge in [-0.15, -0.1) is 0 Å². The first-order valence-electron chi connectivity index (χ1n) is 8.67. The third kappa shape index (κ3) is 4.85. The average molecular weight is 417 g/mol. The molecule has 0 radical (unpaired) electrons. The van der Waals surface area contributed by atoms with Crippen LogP contribution in [0.25, 0.3) is 0 Å². The van der Waals surface area contributed by atoms with Crippen molar-refractivity contribution >= 4 is 33.4 Å². The number of halogens is 1. The van der Waals surface area contributed by atoms with Gasteiger partial charge in [0.2, 0.25) is 5.91 Å². The molecule has 0 saturated carbocycles. The monoisotopic (exact) mass is 416 g/mol. The normalized spacial score (nSPS) is 12.6. The average Bonchev–Trinajstić information content (AvgIpc) is 3.09. The second-order valence-corrected chi connectivity index (χ2v) is 7.04. The largest absolute Gasteiger partial charge is 0.484 e. The minimum absolute atomic E-state index is 0.0327. The number of fused-ring (bicyclic) bond motifs is 1.